The summed E-state index contributed by atoms with van der Waals surface area (Å²) in [6, 6.07) is 3.36. The van der Waals surface area contributed by atoms with E-state index in [4.69, 9.17) is 13.9 Å². The van der Waals surface area contributed by atoms with E-state index >= 15 is 0 Å². The monoisotopic (exact) mass is 530 g/mol. The molecule has 2 heterocycles. The predicted octanol–water partition coefficient (Wildman–Crippen LogP) is 3.01. The van der Waals surface area contributed by atoms with Crippen LogP contribution in [-0.2, 0) is 9.47 Å². The van der Waals surface area contributed by atoms with Crippen molar-refractivity contribution in [3.63, 3.8) is 0 Å². The van der Waals surface area contributed by atoms with Gasteiger partial charge in [0.15, 0.2) is 6.29 Å². The van der Waals surface area contributed by atoms with Gasteiger partial charge in [-0.05, 0) is 93.1 Å². The fourth-order valence-electron chi connectivity index (χ4n) is 9.17. The van der Waals surface area contributed by atoms with Crippen molar-refractivity contribution in [1.82, 2.24) is 0 Å². The van der Waals surface area contributed by atoms with Crippen LogP contribution in [0.2, 0.25) is 0 Å². The summed E-state index contributed by atoms with van der Waals surface area (Å²) in [5.41, 5.74) is 0.991. The lowest BCUT2D eigenvalue weighted by Crippen LogP contribution is -2.60. The Hall–Kier alpha value is -1.55. The molecule has 12 atom stereocenters. The average molecular weight is 531 g/mol. The molecule has 0 bridgehead atoms. The first-order valence-electron chi connectivity index (χ1n) is 14.4. The molecule has 1 saturated heterocycles. The molecule has 4 aliphatic carbocycles. The molecule has 8 heteroatoms. The Bertz CT molecular complexity index is 1130. The van der Waals surface area contributed by atoms with Gasteiger partial charge >= 0.3 is 5.63 Å². The topological polar surface area (TPSA) is 130 Å². The van der Waals surface area contributed by atoms with Crippen molar-refractivity contribution >= 4 is 0 Å². The fourth-order valence-corrected chi connectivity index (χ4v) is 9.17. The van der Waals surface area contributed by atoms with Crippen molar-refractivity contribution in [2.24, 2.45) is 22.7 Å². The molecular weight excluding hydrogens is 488 g/mol. The van der Waals surface area contributed by atoms with Crippen molar-refractivity contribution < 1.29 is 34.3 Å². The Labute approximate surface area is 223 Å². The summed E-state index contributed by atoms with van der Waals surface area (Å²) in [4.78, 5) is 11.5. The summed E-state index contributed by atoms with van der Waals surface area (Å²) in [5.74, 6) is 0.759. The Balaban J connectivity index is 1.21. The molecule has 0 spiro atoms. The number of hydrogen-bond donors (Lipinski definition) is 4. The SMILES string of the molecule is C[C@@H]1O[C@@H](O[C@@H]2C=C3CC[C@H]4[C@@H](CC[C@]5(C)[C@H](c6ccc(=O)oc6)CC[C@@]45O)[C@@]3(C)CC2)[C@H](O)[C@H](O)[C@@H]1O. The Morgan fingerprint density at radius 1 is 0.947 bits per heavy atom. The van der Waals surface area contributed by atoms with E-state index in [1.165, 1.54) is 11.6 Å². The number of allylic oxidation sites excluding steroid dienone is 1. The van der Waals surface area contributed by atoms with Crippen LogP contribution in [0.4, 0.5) is 0 Å². The third-order valence-electron chi connectivity index (χ3n) is 11.5. The molecule has 1 aromatic heterocycles. The van der Waals surface area contributed by atoms with Crippen LogP contribution in [0.5, 0.6) is 0 Å². The Morgan fingerprint density at radius 2 is 1.74 bits per heavy atom. The second-order valence-corrected chi connectivity index (χ2v) is 13.1. The first kappa shape index (κ1) is 26.7. The number of hydrogen-bond acceptors (Lipinski definition) is 8. The summed E-state index contributed by atoms with van der Waals surface area (Å²) in [5, 5.41) is 43.0. The zero-order chi connectivity index (χ0) is 27.0. The maximum atomic E-state index is 12.4. The van der Waals surface area contributed by atoms with Crippen LogP contribution >= 0.6 is 0 Å². The molecule has 4 N–H and O–H groups in total. The van der Waals surface area contributed by atoms with E-state index in [1.54, 1.807) is 13.2 Å². The molecule has 0 unspecified atom stereocenters. The lowest BCUT2D eigenvalue weighted by molar-refractivity contribution is -0.301. The van der Waals surface area contributed by atoms with Crippen molar-refractivity contribution in [1.29, 1.82) is 0 Å². The lowest BCUT2D eigenvalue weighted by atomic mass is 9.45. The van der Waals surface area contributed by atoms with Crippen LogP contribution in [0.1, 0.15) is 83.6 Å². The molecule has 4 fully saturated rings. The number of rotatable bonds is 3. The van der Waals surface area contributed by atoms with Crippen molar-refractivity contribution in [2.45, 2.75) is 120 Å². The molecule has 8 nitrogen and oxygen atoms in total. The van der Waals surface area contributed by atoms with Crippen LogP contribution < -0.4 is 5.63 Å². The Morgan fingerprint density at radius 3 is 2.47 bits per heavy atom. The molecule has 1 aromatic rings. The second kappa shape index (κ2) is 9.25. The van der Waals surface area contributed by atoms with Crippen LogP contribution in [0.15, 0.2) is 39.3 Å². The first-order valence-corrected chi connectivity index (χ1v) is 14.4. The van der Waals surface area contributed by atoms with Crippen LogP contribution in [0.3, 0.4) is 0 Å². The minimum absolute atomic E-state index is 0.0213. The van der Waals surface area contributed by atoms with Gasteiger partial charge in [0.25, 0.3) is 0 Å². The van der Waals surface area contributed by atoms with Crippen LogP contribution in [-0.4, -0.2) is 62.8 Å². The molecule has 1 aliphatic heterocycles. The van der Waals surface area contributed by atoms with E-state index in [0.717, 1.165) is 56.9 Å². The molecule has 6 rings (SSSR count). The predicted molar refractivity (Wildman–Crippen MR) is 138 cm³/mol. The number of ether oxygens (including phenoxy) is 2. The summed E-state index contributed by atoms with van der Waals surface area (Å²) in [7, 11) is 0. The first-order chi connectivity index (χ1) is 18.0. The quantitative estimate of drug-likeness (QED) is 0.439. The van der Waals surface area contributed by atoms with Gasteiger partial charge in [-0.2, -0.15) is 0 Å². The largest absolute Gasteiger partial charge is 0.431 e. The summed E-state index contributed by atoms with van der Waals surface area (Å²) >= 11 is 0. The van der Waals surface area contributed by atoms with E-state index in [9.17, 15) is 25.2 Å². The van der Waals surface area contributed by atoms with Gasteiger partial charge < -0.3 is 34.3 Å². The Kier molecular flexibility index (Phi) is 6.49. The van der Waals surface area contributed by atoms with Crippen molar-refractivity contribution in [2.75, 3.05) is 0 Å². The standard InChI is InChI=1S/C30H42O8/c1-16-24(32)25(33)26(34)27(37-16)38-19-8-11-28(2)18(14-19)5-6-22-21(28)9-12-29(3)20(10-13-30(22,29)35)17-4-7-23(31)36-15-17/h4,7,14-16,19-22,24-27,32-35H,5-6,8-13H2,1-3H3/t16-,19-,20-,21+,22-,24+,25+,26+,27-,28-,29+,30+/m0/s1. The highest BCUT2D eigenvalue weighted by molar-refractivity contribution is 5.31. The number of aliphatic hydroxyl groups is 4. The maximum absolute atomic E-state index is 12.4. The number of fused-ring (bicyclic) bond motifs is 5. The second-order valence-electron chi connectivity index (χ2n) is 13.1. The highest BCUT2D eigenvalue weighted by Crippen LogP contribution is 2.70. The minimum atomic E-state index is -1.31. The molecule has 0 amide bonds. The fraction of sp³-hybridized carbons (Fsp3) is 0.767. The van der Waals surface area contributed by atoms with Crippen LogP contribution in [0.25, 0.3) is 0 Å². The molecule has 3 saturated carbocycles. The van der Waals surface area contributed by atoms with Gasteiger partial charge in [-0.25, -0.2) is 4.79 Å². The summed E-state index contributed by atoms with van der Waals surface area (Å²) < 4.78 is 17.0. The molecule has 38 heavy (non-hydrogen) atoms. The third-order valence-corrected chi connectivity index (χ3v) is 11.5. The van der Waals surface area contributed by atoms with Gasteiger partial charge in [0.1, 0.15) is 18.3 Å². The van der Waals surface area contributed by atoms with E-state index in [2.05, 4.69) is 19.9 Å². The zero-order valence-corrected chi connectivity index (χ0v) is 22.6. The van der Waals surface area contributed by atoms with Crippen LogP contribution in [0, 0.1) is 22.7 Å². The van der Waals surface area contributed by atoms with Gasteiger partial charge in [-0.15, -0.1) is 0 Å². The van der Waals surface area contributed by atoms with Gasteiger partial charge in [-0.1, -0.05) is 25.5 Å². The normalized spacial score (nSPS) is 50.5. The summed E-state index contributed by atoms with van der Waals surface area (Å²) in [6.45, 7) is 6.26. The smallest absolute Gasteiger partial charge is 0.335 e. The molecule has 210 valence electrons. The maximum Gasteiger partial charge on any atom is 0.335 e. The lowest BCUT2D eigenvalue weighted by Gasteiger charge is -2.62. The highest BCUT2D eigenvalue weighted by Gasteiger charge is 2.66. The summed E-state index contributed by atoms with van der Waals surface area (Å²) in [6.07, 6.45) is 5.32. The molecule has 0 radical (unpaired) electrons. The molecule has 5 aliphatic rings. The van der Waals surface area contributed by atoms with Crippen molar-refractivity contribution in [3.8, 4) is 0 Å². The van der Waals surface area contributed by atoms with E-state index in [-0.39, 0.29) is 34.4 Å². The minimum Gasteiger partial charge on any atom is -0.431 e. The van der Waals surface area contributed by atoms with Gasteiger partial charge in [0.2, 0.25) is 0 Å². The molecular formula is C30H42O8. The van der Waals surface area contributed by atoms with E-state index in [1.807, 2.05) is 6.07 Å². The zero-order valence-electron chi connectivity index (χ0n) is 22.6. The van der Waals surface area contributed by atoms with Crippen molar-refractivity contribution in [3.05, 3.63) is 46.0 Å². The third kappa shape index (κ3) is 3.82. The van der Waals surface area contributed by atoms with Gasteiger partial charge in [0, 0.05) is 11.5 Å². The average Bonchev–Trinajstić information content (AvgIpc) is 3.18. The van der Waals surface area contributed by atoms with Gasteiger partial charge in [-0.3, -0.25) is 0 Å². The van der Waals surface area contributed by atoms with Gasteiger partial charge in [0.05, 0.1) is 24.1 Å². The highest BCUT2D eigenvalue weighted by atomic mass is 16.7. The van der Waals surface area contributed by atoms with E-state index < -0.39 is 36.3 Å². The van der Waals surface area contributed by atoms with E-state index in [0.29, 0.717) is 5.92 Å². The molecule has 0 aromatic carbocycles. The number of aliphatic hydroxyl groups excluding tert-OH is 3.